The zero-order valence-corrected chi connectivity index (χ0v) is 19.3. The topological polar surface area (TPSA) is 79.8 Å². The summed E-state index contributed by atoms with van der Waals surface area (Å²) in [5.74, 6) is 0.358. The van der Waals surface area contributed by atoms with Gasteiger partial charge in [-0.05, 0) is 82.5 Å². The Hall–Kier alpha value is -1.81. The number of rotatable bonds is 6. The van der Waals surface area contributed by atoms with Gasteiger partial charge in [-0.1, -0.05) is 18.2 Å². The van der Waals surface area contributed by atoms with Crippen molar-refractivity contribution < 1.29 is 17.9 Å². The van der Waals surface area contributed by atoms with Crippen LogP contribution in [-0.2, 0) is 6.54 Å². The average molecular weight is 468 g/mol. The number of benzene rings is 1. The molecule has 2 atom stereocenters. The van der Waals surface area contributed by atoms with E-state index >= 15 is 0 Å². The smallest absolute Gasteiger partial charge is 0.405 e. The molecule has 6 nitrogen and oxygen atoms in total. The van der Waals surface area contributed by atoms with Gasteiger partial charge in [-0.25, -0.2) is 0 Å². The van der Waals surface area contributed by atoms with Gasteiger partial charge in [0.2, 0.25) is 0 Å². The van der Waals surface area contributed by atoms with Crippen LogP contribution >= 0.6 is 0 Å². The number of ether oxygens (including phenoxy) is 1. The van der Waals surface area contributed by atoms with Gasteiger partial charge in [0.1, 0.15) is 12.0 Å². The molecule has 0 amide bonds. The molecule has 1 aromatic rings. The van der Waals surface area contributed by atoms with Crippen molar-refractivity contribution in [1.29, 1.82) is 0 Å². The van der Waals surface area contributed by atoms with Crippen molar-refractivity contribution in [2.75, 3.05) is 13.6 Å². The van der Waals surface area contributed by atoms with E-state index in [-0.39, 0.29) is 18.2 Å². The monoisotopic (exact) mass is 467 g/mol. The molecule has 1 heterocycles. The number of likely N-dealkylation sites (N-methyl/N-ethyl adjacent to an activating group) is 1. The maximum Gasteiger partial charge on any atom is 0.573 e. The molecule has 2 unspecified atom stereocenters. The fraction of sp³-hybridized carbons (Fsp3) is 0.667. The third-order valence-electron chi connectivity index (χ3n) is 7.45. The Morgan fingerprint density at radius 1 is 1.06 bits per heavy atom. The van der Waals surface area contributed by atoms with Gasteiger partial charge >= 0.3 is 6.36 Å². The van der Waals surface area contributed by atoms with Crippen molar-refractivity contribution >= 4 is 0 Å². The molecule has 2 aliphatic carbocycles. The Balaban J connectivity index is 1.31. The lowest BCUT2D eigenvalue weighted by Crippen LogP contribution is -2.65. The molecule has 1 fully saturated rings. The Morgan fingerprint density at radius 2 is 1.76 bits per heavy atom. The fourth-order valence-electron chi connectivity index (χ4n) is 5.64. The second-order valence-electron chi connectivity index (χ2n) is 9.57. The molecule has 1 saturated carbocycles. The lowest BCUT2D eigenvalue weighted by molar-refractivity contribution is -0.274. The van der Waals surface area contributed by atoms with E-state index in [4.69, 9.17) is 11.5 Å². The number of halogens is 3. The van der Waals surface area contributed by atoms with E-state index in [2.05, 4.69) is 19.9 Å². The molecule has 0 spiro atoms. The molecular weight excluding hydrogens is 431 g/mol. The third-order valence-corrected chi connectivity index (χ3v) is 7.45. The molecule has 0 saturated heterocycles. The summed E-state index contributed by atoms with van der Waals surface area (Å²) in [5, 5.41) is 3.34. The van der Waals surface area contributed by atoms with Crippen molar-refractivity contribution in [3.63, 3.8) is 0 Å². The van der Waals surface area contributed by atoms with Crippen molar-refractivity contribution in [3.8, 4) is 5.75 Å². The lowest BCUT2D eigenvalue weighted by Gasteiger charge is -2.52. The van der Waals surface area contributed by atoms with Gasteiger partial charge in [0, 0.05) is 23.8 Å². The summed E-state index contributed by atoms with van der Waals surface area (Å²) in [4.78, 5) is 4.52. The molecule has 1 aliphatic heterocycles. The van der Waals surface area contributed by atoms with Gasteiger partial charge in [-0.2, -0.15) is 0 Å². The lowest BCUT2D eigenvalue weighted by atomic mass is 9.83. The SMILES string of the molecule is CN1C(N)C2=C(CCCC2)N(C2CCC(CNCc3ccccc3OC(F)(F)F)CC2)C1N. The maximum absolute atomic E-state index is 12.6. The summed E-state index contributed by atoms with van der Waals surface area (Å²) in [6, 6.07) is 6.71. The van der Waals surface area contributed by atoms with E-state index in [1.165, 1.54) is 30.2 Å². The minimum absolute atomic E-state index is 0.0868. The molecule has 3 aliphatic rings. The summed E-state index contributed by atoms with van der Waals surface area (Å²) in [5.41, 5.74) is 16.3. The highest BCUT2D eigenvalue weighted by atomic mass is 19.4. The molecule has 0 bridgehead atoms. The van der Waals surface area contributed by atoms with Gasteiger partial charge in [0.15, 0.2) is 0 Å². The van der Waals surface area contributed by atoms with Gasteiger partial charge < -0.3 is 20.7 Å². The number of hydrogen-bond donors (Lipinski definition) is 3. The van der Waals surface area contributed by atoms with Gasteiger partial charge in [0.25, 0.3) is 0 Å². The minimum Gasteiger partial charge on any atom is -0.405 e. The van der Waals surface area contributed by atoms with Crippen LogP contribution in [0.25, 0.3) is 0 Å². The summed E-state index contributed by atoms with van der Waals surface area (Å²) in [6.07, 6.45) is 3.80. The van der Waals surface area contributed by atoms with Crippen LogP contribution in [0.4, 0.5) is 13.2 Å². The van der Waals surface area contributed by atoms with E-state index in [9.17, 15) is 13.2 Å². The molecule has 184 valence electrons. The Bertz CT molecular complexity index is 838. The molecule has 1 aromatic carbocycles. The van der Waals surface area contributed by atoms with E-state index in [0.29, 0.717) is 24.1 Å². The van der Waals surface area contributed by atoms with Crippen molar-refractivity contribution in [2.45, 2.75) is 82.8 Å². The first-order valence-corrected chi connectivity index (χ1v) is 12.0. The standard InChI is InChI=1S/C24H36F3N5O/c1-31-22(28)19-7-3-4-8-20(19)32(23(31)29)18-12-10-16(11-13-18)14-30-15-17-6-2-5-9-21(17)33-24(25,26)27/h2,5-6,9,16,18,22-23,30H,3-4,7-8,10-15,28-29H2,1H3. The van der Waals surface area contributed by atoms with Crippen LogP contribution < -0.4 is 21.5 Å². The van der Waals surface area contributed by atoms with Crippen LogP contribution in [0, 0.1) is 5.92 Å². The Labute approximate surface area is 194 Å². The molecule has 33 heavy (non-hydrogen) atoms. The largest absolute Gasteiger partial charge is 0.573 e. The molecule has 5 N–H and O–H groups in total. The first-order chi connectivity index (χ1) is 15.7. The molecule has 9 heteroatoms. The van der Waals surface area contributed by atoms with Gasteiger partial charge in [0.05, 0.1) is 6.17 Å². The number of para-hydroxylation sites is 1. The second kappa shape index (κ2) is 10.2. The van der Waals surface area contributed by atoms with E-state index in [1.807, 2.05) is 7.05 Å². The van der Waals surface area contributed by atoms with Crippen LogP contribution in [0.1, 0.15) is 56.9 Å². The predicted octanol–water partition coefficient (Wildman–Crippen LogP) is 3.84. The number of nitrogens with zero attached hydrogens (tertiary/aromatic N) is 2. The molecule has 0 radical (unpaired) electrons. The first-order valence-electron chi connectivity index (χ1n) is 12.0. The fourth-order valence-corrected chi connectivity index (χ4v) is 5.64. The summed E-state index contributed by atoms with van der Waals surface area (Å²) >= 11 is 0. The quantitative estimate of drug-likeness (QED) is 0.590. The summed E-state index contributed by atoms with van der Waals surface area (Å²) in [6.45, 7) is 1.12. The van der Waals surface area contributed by atoms with Crippen LogP contribution in [0.5, 0.6) is 5.75 Å². The number of hydrogen-bond acceptors (Lipinski definition) is 6. The summed E-state index contributed by atoms with van der Waals surface area (Å²) < 4.78 is 42.0. The van der Waals surface area contributed by atoms with Crippen molar-refractivity contribution in [3.05, 3.63) is 41.1 Å². The molecule has 0 aromatic heterocycles. The minimum atomic E-state index is -4.69. The third kappa shape index (κ3) is 5.65. The van der Waals surface area contributed by atoms with Gasteiger partial charge in [-0.3, -0.25) is 10.6 Å². The van der Waals surface area contributed by atoms with Crippen molar-refractivity contribution in [1.82, 2.24) is 15.1 Å². The Kier molecular flexibility index (Phi) is 7.53. The van der Waals surface area contributed by atoms with E-state index in [0.717, 1.165) is 45.1 Å². The van der Waals surface area contributed by atoms with E-state index < -0.39 is 6.36 Å². The molecule has 4 rings (SSSR count). The predicted molar refractivity (Wildman–Crippen MR) is 122 cm³/mol. The highest BCUT2D eigenvalue weighted by molar-refractivity contribution is 5.33. The van der Waals surface area contributed by atoms with E-state index in [1.54, 1.807) is 18.2 Å². The van der Waals surface area contributed by atoms with Crippen LogP contribution in [0.15, 0.2) is 35.5 Å². The number of nitrogens with two attached hydrogens (primary N) is 2. The number of nitrogens with one attached hydrogen (secondary N) is 1. The zero-order valence-electron chi connectivity index (χ0n) is 19.3. The van der Waals surface area contributed by atoms with Gasteiger partial charge in [-0.15, -0.1) is 13.2 Å². The first kappa shape index (κ1) is 24.3. The van der Waals surface area contributed by atoms with Crippen molar-refractivity contribution in [2.24, 2.45) is 17.4 Å². The number of alkyl halides is 3. The molecular formula is C24H36F3N5O. The highest BCUT2D eigenvalue weighted by Crippen LogP contribution is 2.39. The number of allylic oxidation sites excluding steroid dienone is 1. The van der Waals surface area contributed by atoms with Crippen LogP contribution in [0.2, 0.25) is 0 Å². The van der Waals surface area contributed by atoms with Crippen LogP contribution in [-0.4, -0.2) is 48.3 Å². The van der Waals surface area contributed by atoms with Crippen LogP contribution in [0.3, 0.4) is 0 Å². The highest BCUT2D eigenvalue weighted by Gasteiger charge is 2.40. The average Bonchev–Trinajstić information content (AvgIpc) is 2.79. The summed E-state index contributed by atoms with van der Waals surface area (Å²) in [7, 11) is 2.01. The normalized spacial score (nSPS) is 29.2. The zero-order chi connectivity index (χ0) is 23.6. The second-order valence-corrected chi connectivity index (χ2v) is 9.57. The Morgan fingerprint density at radius 3 is 2.48 bits per heavy atom. The maximum atomic E-state index is 12.6.